The summed E-state index contributed by atoms with van der Waals surface area (Å²) in [6, 6.07) is 10.7. The maximum absolute atomic E-state index is 12.9. The summed E-state index contributed by atoms with van der Waals surface area (Å²) in [5.41, 5.74) is 2.87. The lowest BCUT2D eigenvalue weighted by molar-refractivity contribution is -0.113. The summed E-state index contributed by atoms with van der Waals surface area (Å²) in [6.07, 6.45) is 3.22. The molecule has 2 aliphatic rings. The van der Waals surface area contributed by atoms with Gasteiger partial charge in [0.05, 0.1) is 50.9 Å². The van der Waals surface area contributed by atoms with Crippen LogP contribution in [0.4, 0.5) is 5.69 Å². The number of carbonyl (C=O) groups is 2. The number of nitrogens with zero attached hydrogens (tertiary/aromatic N) is 4. The van der Waals surface area contributed by atoms with Gasteiger partial charge in [-0.2, -0.15) is 5.26 Å². The van der Waals surface area contributed by atoms with Crippen LogP contribution in [0.1, 0.15) is 28.8 Å². The van der Waals surface area contributed by atoms with Gasteiger partial charge in [-0.1, -0.05) is 11.6 Å². The van der Waals surface area contributed by atoms with Gasteiger partial charge in [-0.3, -0.25) is 14.5 Å². The molecule has 0 atom stereocenters. The SMILES string of the molecule is N#Cc1ccc2ncc(OCCN3CCC(NC(=O)c4cc5c(cc4Cl)SCC(=O)N5)CC3)nc2c1. The number of ether oxygens (including phenoxy) is 1. The number of nitriles is 1. The van der Waals surface area contributed by atoms with E-state index in [4.69, 9.17) is 21.6 Å². The number of thioether (sulfide) groups is 1. The van der Waals surface area contributed by atoms with Crippen molar-refractivity contribution in [2.45, 2.75) is 23.8 Å². The van der Waals surface area contributed by atoms with E-state index in [9.17, 15) is 9.59 Å². The van der Waals surface area contributed by atoms with Gasteiger partial charge in [0.15, 0.2) is 0 Å². The van der Waals surface area contributed by atoms with Gasteiger partial charge in [-0.25, -0.2) is 9.97 Å². The zero-order valence-corrected chi connectivity index (χ0v) is 20.9. The molecule has 36 heavy (non-hydrogen) atoms. The van der Waals surface area contributed by atoms with Crippen LogP contribution in [-0.4, -0.2) is 64.7 Å². The number of rotatable bonds is 6. The Morgan fingerprint density at radius 3 is 2.92 bits per heavy atom. The van der Waals surface area contributed by atoms with Crippen LogP contribution in [0.5, 0.6) is 5.88 Å². The second-order valence-electron chi connectivity index (χ2n) is 8.63. The van der Waals surface area contributed by atoms with Crippen molar-refractivity contribution in [1.29, 1.82) is 5.26 Å². The molecule has 2 aliphatic heterocycles. The van der Waals surface area contributed by atoms with E-state index in [-0.39, 0.29) is 17.9 Å². The maximum atomic E-state index is 12.9. The zero-order chi connectivity index (χ0) is 25.1. The number of anilines is 1. The lowest BCUT2D eigenvalue weighted by Crippen LogP contribution is -2.45. The smallest absolute Gasteiger partial charge is 0.253 e. The molecule has 2 amide bonds. The minimum atomic E-state index is -0.233. The molecule has 11 heteroatoms. The van der Waals surface area contributed by atoms with Crippen LogP contribution in [0.2, 0.25) is 5.02 Å². The first-order chi connectivity index (χ1) is 17.5. The summed E-state index contributed by atoms with van der Waals surface area (Å²) < 4.78 is 5.79. The van der Waals surface area contributed by atoms with Gasteiger partial charge in [0, 0.05) is 30.6 Å². The quantitative estimate of drug-likeness (QED) is 0.505. The van der Waals surface area contributed by atoms with Gasteiger partial charge in [0.1, 0.15) is 6.61 Å². The Labute approximate surface area is 217 Å². The molecule has 2 aromatic carbocycles. The molecule has 9 nitrogen and oxygen atoms in total. The highest BCUT2D eigenvalue weighted by atomic mass is 35.5. The third kappa shape index (κ3) is 5.54. The highest BCUT2D eigenvalue weighted by Crippen LogP contribution is 2.35. The minimum Gasteiger partial charge on any atom is -0.475 e. The van der Waals surface area contributed by atoms with Crippen LogP contribution in [0.3, 0.4) is 0 Å². The van der Waals surface area contributed by atoms with E-state index in [1.807, 2.05) is 0 Å². The predicted molar refractivity (Wildman–Crippen MR) is 137 cm³/mol. The average molecular weight is 523 g/mol. The van der Waals surface area contributed by atoms with Crippen molar-refractivity contribution >= 4 is 51.9 Å². The largest absolute Gasteiger partial charge is 0.475 e. The number of fused-ring (bicyclic) bond motifs is 2. The Kier molecular flexibility index (Phi) is 7.23. The number of hydrogen-bond donors (Lipinski definition) is 2. The molecular formula is C25H23ClN6O3S. The van der Waals surface area contributed by atoms with E-state index in [2.05, 4.69) is 31.6 Å². The van der Waals surface area contributed by atoms with Crippen LogP contribution in [0, 0.1) is 11.3 Å². The third-order valence-corrected chi connectivity index (χ3v) is 7.54. The summed E-state index contributed by atoms with van der Waals surface area (Å²) in [6.45, 7) is 2.85. The van der Waals surface area contributed by atoms with E-state index in [1.54, 1.807) is 36.5 Å². The van der Waals surface area contributed by atoms with Crippen molar-refractivity contribution in [3.8, 4) is 11.9 Å². The van der Waals surface area contributed by atoms with Crippen LogP contribution in [-0.2, 0) is 4.79 Å². The predicted octanol–water partition coefficient (Wildman–Crippen LogP) is 3.47. The Morgan fingerprint density at radius 2 is 2.11 bits per heavy atom. The first-order valence-electron chi connectivity index (χ1n) is 11.6. The van der Waals surface area contributed by atoms with Crippen molar-refractivity contribution in [3.05, 3.63) is 52.7 Å². The van der Waals surface area contributed by atoms with Crippen LogP contribution in [0.25, 0.3) is 11.0 Å². The molecule has 0 spiro atoms. The van der Waals surface area contributed by atoms with E-state index in [0.717, 1.165) is 37.4 Å². The van der Waals surface area contributed by atoms with Crippen molar-refractivity contribution in [3.63, 3.8) is 0 Å². The van der Waals surface area contributed by atoms with Gasteiger partial charge >= 0.3 is 0 Å². The molecule has 5 rings (SSSR count). The van der Waals surface area contributed by atoms with Crippen molar-refractivity contribution in [2.24, 2.45) is 0 Å². The van der Waals surface area contributed by atoms with E-state index < -0.39 is 0 Å². The fraction of sp³-hybridized carbons (Fsp3) is 0.320. The molecule has 0 saturated carbocycles. The monoisotopic (exact) mass is 522 g/mol. The Balaban J connectivity index is 1.09. The second-order valence-corrected chi connectivity index (χ2v) is 10.1. The summed E-state index contributed by atoms with van der Waals surface area (Å²) in [5.74, 6) is 0.454. The molecule has 0 aliphatic carbocycles. The number of amides is 2. The summed E-state index contributed by atoms with van der Waals surface area (Å²) in [7, 11) is 0. The van der Waals surface area contributed by atoms with Gasteiger partial charge in [0.25, 0.3) is 5.91 Å². The molecule has 0 radical (unpaired) electrons. The topological polar surface area (TPSA) is 120 Å². The van der Waals surface area contributed by atoms with E-state index in [0.29, 0.717) is 51.1 Å². The lowest BCUT2D eigenvalue weighted by atomic mass is 10.0. The number of halogens is 1. The highest BCUT2D eigenvalue weighted by Gasteiger charge is 2.24. The van der Waals surface area contributed by atoms with Crippen molar-refractivity contribution in [1.82, 2.24) is 20.2 Å². The molecule has 184 valence electrons. The molecule has 2 N–H and O–H groups in total. The molecule has 0 bridgehead atoms. The number of likely N-dealkylation sites (tertiary alicyclic amines) is 1. The molecular weight excluding hydrogens is 500 g/mol. The fourth-order valence-electron chi connectivity index (χ4n) is 4.25. The van der Waals surface area contributed by atoms with Gasteiger partial charge in [-0.05, 0) is 43.2 Å². The number of carbonyl (C=O) groups excluding carboxylic acids is 2. The number of benzene rings is 2. The summed E-state index contributed by atoms with van der Waals surface area (Å²) in [5, 5.41) is 15.3. The molecule has 3 aromatic rings. The standard InChI is InChI=1S/C25H23ClN6O3S/c26-18-11-22-21(30-23(33)14-36-22)10-17(18)25(34)29-16-3-5-32(6-4-16)7-8-35-24-13-28-19-2-1-15(12-27)9-20(19)31-24/h1-2,9-11,13,16H,3-8,14H2,(H,29,34)(H,30,33). The number of nitrogens with one attached hydrogen (secondary N) is 2. The maximum Gasteiger partial charge on any atom is 0.253 e. The van der Waals surface area contributed by atoms with E-state index >= 15 is 0 Å². The van der Waals surface area contributed by atoms with Crippen LogP contribution < -0.4 is 15.4 Å². The fourth-order valence-corrected chi connectivity index (χ4v) is 5.39. The molecule has 0 unspecified atom stereocenters. The third-order valence-electron chi connectivity index (χ3n) is 6.18. The first kappa shape index (κ1) is 24.3. The van der Waals surface area contributed by atoms with Gasteiger partial charge in [0.2, 0.25) is 11.8 Å². The summed E-state index contributed by atoms with van der Waals surface area (Å²) >= 11 is 7.77. The Hall–Kier alpha value is -3.39. The molecule has 1 fully saturated rings. The van der Waals surface area contributed by atoms with Crippen LogP contribution >= 0.6 is 23.4 Å². The first-order valence-corrected chi connectivity index (χ1v) is 12.9. The second kappa shape index (κ2) is 10.7. The Morgan fingerprint density at radius 1 is 1.28 bits per heavy atom. The average Bonchev–Trinajstić information content (AvgIpc) is 2.89. The van der Waals surface area contributed by atoms with E-state index in [1.165, 1.54) is 11.8 Å². The molecule has 1 aromatic heterocycles. The molecule has 3 heterocycles. The van der Waals surface area contributed by atoms with Gasteiger partial charge < -0.3 is 15.4 Å². The highest BCUT2D eigenvalue weighted by molar-refractivity contribution is 8.00. The summed E-state index contributed by atoms with van der Waals surface area (Å²) in [4.78, 5) is 36.5. The zero-order valence-electron chi connectivity index (χ0n) is 19.3. The normalized spacial score (nSPS) is 16.2. The molecule has 1 saturated heterocycles. The van der Waals surface area contributed by atoms with Gasteiger partial charge in [-0.15, -0.1) is 11.8 Å². The van der Waals surface area contributed by atoms with Crippen molar-refractivity contribution in [2.75, 3.05) is 37.3 Å². The minimum absolute atomic E-state index is 0.0476. The lowest BCUT2D eigenvalue weighted by Gasteiger charge is -2.32. The number of aromatic nitrogens is 2. The van der Waals surface area contributed by atoms with Crippen LogP contribution in [0.15, 0.2) is 41.4 Å². The Bertz CT molecular complexity index is 1370. The number of hydrogen-bond acceptors (Lipinski definition) is 8. The van der Waals surface area contributed by atoms with Crippen molar-refractivity contribution < 1.29 is 14.3 Å². The number of piperidine rings is 1.